The molecule has 25 heavy (non-hydrogen) atoms. The van der Waals surface area contributed by atoms with Gasteiger partial charge in [-0.1, -0.05) is 43.1 Å². The third kappa shape index (κ3) is 4.88. The lowest BCUT2D eigenvalue weighted by molar-refractivity contribution is 0.0693. The maximum Gasteiger partial charge on any atom is 0.340 e. The van der Waals surface area contributed by atoms with Crippen LogP contribution in [0.15, 0.2) is 23.8 Å². The van der Waals surface area contributed by atoms with Gasteiger partial charge in [0.05, 0.1) is 7.11 Å². The zero-order valence-corrected chi connectivity index (χ0v) is 15.3. The molecule has 4 heteroatoms. The summed E-state index contributed by atoms with van der Waals surface area (Å²) in [6, 6.07) is 1.72. The van der Waals surface area contributed by atoms with Crippen LogP contribution in [0.3, 0.4) is 0 Å². The van der Waals surface area contributed by atoms with Crippen molar-refractivity contribution in [3.05, 3.63) is 40.5 Å². The van der Waals surface area contributed by atoms with E-state index in [4.69, 9.17) is 4.74 Å². The Hall–Kier alpha value is -2.23. The van der Waals surface area contributed by atoms with Crippen LogP contribution in [0.2, 0.25) is 0 Å². The molecule has 1 saturated carbocycles. The molecule has 2 N–H and O–H groups in total. The van der Waals surface area contributed by atoms with Gasteiger partial charge in [0.2, 0.25) is 0 Å². The number of allylic oxidation sites excluding steroid dienone is 3. The first kappa shape index (κ1) is 19.1. The Morgan fingerprint density at radius 1 is 1.28 bits per heavy atom. The van der Waals surface area contributed by atoms with Crippen molar-refractivity contribution in [2.45, 2.75) is 52.4 Å². The van der Waals surface area contributed by atoms with Crippen LogP contribution in [-0.4, -0.2) is 23.3 Å². The molecule has 0 atom stereocenters. The van der Waals surface area contributed by atoms with E-state index in [1.165, 1.54) is 26.4 Å². The molecule has 1 aliphatic carbocycles. The van der Waals surface area contributed by atoms with E-state index in [9.17, 15) is 15.0 Å². The van der Waals surface area contributed by atoms with Crippen molar-refractivity contribution in [3.8, 4) is 11.5 Å². The summed E-state index contributed by atoms with van der Waals surface area (Å²) in [6.07, 6.45) is 12.3. The number of carboxylic acid groups (broad SMARTS) is 1. The Bertz CT molecular complexity index is 676. The first-order chi connectivity index (χ1) is 11.9. The summed E-state index contributed by atoms with van der Waals surface area (Å²) in [6.45, 7) is 3.92. The molecule has 0 spiro atoms. The highest BCUT2D eigenvalue weighted by Gasteiger charge is 2.21. The third-order valence-corrected chi connectivity index (χ3v) is 4.74. The van der Waals surface area contributed by atoms with E-state index >= 15 is 0 Å². The van der Waals surface area contributed by atoms with Gasteiger partial charge in [-0.25, -0.2) is 4.79 Å². The van der Waals surface area contributed by atoms with Crippen LogP contribution >= 0.6 is 0 Å². The number of carbonyl (C=O) groups is 1. The fourth-order valence-corrected chi connectivity index (χ4v) is 3.31. The van der Waals surface area contributed by atoms with E-state index in [2.05, 4.69) is 6.08 Å². The Morgan fingerprint density at radius 3 is 2.52 bits per heavy atom. The van der Waals surface area contributed by atoms with Crippen molar-refractivity contribution >= 4 is 12.0 Å². The number of hydrogen-bond acceptors (Lipinski definition) is 3. The van der Waals surface area contributed by atoms with Crippen LogP contribution in [0.25, 0.3) is 6.08 Å². The third-order valence-electron chi connectivity index (χ3n) is 4.74. The zero-order valence-electron chi connectivity index (χ0n) is 15.3. The molecule has 1 fully saturated rings. The number of carboxylic acids is 1. The normalized spacial score (nSPS) is 15.3. The molecule has 0 amide bonds. The number of hydrogen-bond donors (Lipinski definition) is 2. The lowest BCUT2D eigenvalue weighted by Crippen LogP contribution is -2.06. The molecule has 136 valence electrons. The van der Waals surface area contributed by atoms with Crippen LogP contribution in [0.4, 0.5) is 0 Å². The van der Waals surface area contributed by atoms with E-state index in [1.54, 1.807) is 6.07 Å². The van der Waals surface area contributed by atoms with Gasteiger partial charge in [0.25, 0.3) is 0 Å². The fourth-order valence-electron chi connectivity index (χ4n) is 3.31. The monoisotopic (exact) mass is 344 g/mol. The van der Waals surface area contributed by atoms with Crippen molar-refractivity contribution in [3.63, 3.8) is 0 Å². The van der Waals surface area contributed by atoms with Gasteiger partial charge in [-0.05, 0) is 50.7 Å². The summed E-state index contributed by atoms with van der Waals surface area (Å²) in [5.41, 5.74) is 2.05. The van der Waals surface area contributed by atoms with Crippen LogP contribution in [0.1, 0.15) is 67.4 Å². The molecule has 0 heterocycles. The van der Waals surface area contributed by atoms with E-state index in [0.717, 1.165) is 18.4 Å². The number of benzene rings is 1. The summed E-state index contributed by atoms with van der Waals surface area (Å²) >= 11 is 0. The number of aromatic hydroxyl groups is 1. The highest BCUT2D eigenvalue weighted by atomic mass is 16.5. The molecule has 0 aromatic heterocycles. The first-order valence-electron chi connectivity index (χ1n) is 8.91. The second-order valence-electron chi connectivity index (χ2n) is 6.92. The van der Waals surface area contributed by atoms with Gasteiger partial charge < -0.3 is 14.9 Å². The van der Waals surface area contributed by atoms with Gasteiger partial charge in [-0.15, -0.1) is 0 Å². The Kier molecular flexibility index (Phi) is 6.68. The molecule has 1 aliphatic rings. The maximum atomic E-state index is 11.7. The van der Waals surface area contributed by atoms with Gasteiger partial charge in [0.15, 0.2) is 0 Å². The molecular formula is C21H28O4. The standard InChI is InChI=1S/C21H28O4/c1-14(2)9-12-17-18(25-3)13-16(19(20(17)22)21(23)24)11-10-15-7-5-4-6-8-15/h9-11,13,15,22H,4-8,12H2,1-3H3,(H,23,24)/b11-10+. The second-order valence-corrected chi connectivity index (χ2v) is 6.92. The van der Waals surface area contributed by atoms with Gasteiger partial charge in [0.1, 0.15) is 17.1 Å². The smallest absolute Gasteiger partial charge is 0.340 e. The summed E-state index contributed by atoms with van der Waals surface area (Å²) in [7, 11) is 1.54. The van der Waals surface area contributed by atoms with E-state index in [1.807, 2.05) is 26.0 Å². The van der Waals surface area contributed by atoms with Gasteiger partial charge in [-0.2, -0.15) is 0 Å². The van der Waals surface area contributed by atoms with E-state index in [-0.39, 0.29) is 11.3 Å². The van der Waals surface area contributed by atoms with Gasteiger partial charge in [0, 0.05) is 5.56 Å². The molecule has 0 saturated heterocycles. The van der Waals surface area contributed by atoms with Crippen molar-refractivity contribution in [1.29, 1.82) is 0 Å². The number of ether oxygens (including phenoxy) is 1. The molecule has 0 bridgehead atoms. The summed E-state index contributed by atoms with van der Waals surface area (Å²) in [5, 5.41) is 20.2. The maximum absolute atomic E-state index is 11.7. The Balaban J connectivity index is 2.44. The molecule has 4 nitrogen and oxygen atoms in total. The molecule has 0 unspecified atom stereocenters. The second kappa shape index (κ2) is 8.75. The van der Waals surface area contributed by atoms with Crippen LogP contribution in [-0.2, 0) is 6.42 Å². The Morgan fingerprint density at radius 2 is 1.96 bits per heavy atom. The van der Waals surface area contributed by atoms with E-state index < -0.39 is 5.97 Å². The van der Waals surface area contributed by atoms with Crippen LogP contribution < -0.4 is 4.74 Å². The molecule has 1 aromatic rings. The SMILES string of the molecule is COc1cc(/C=C/C2CCCCC2)c(C(=O)O)c(O)c1CC=C(C)C. The lowest BCUT2D eigenvalue weighted by Gasteiger charge is -2.18. The van der Waals surface area contributed by atoms with Crippen molar-refractivity contribution < 1.29 is 19.7 Å². The minimum absolute atomic E-state index is 0.0509. The number of rotatable bonds is 6. The predicted molar refractivity (Wildman–Crippen MR) is 100 cm³/mol. The zero-order chi connectivity index (χ0) is 18.4. The molecule has 1 aromatic carbocycles. The predicted octanol–water partition coefficient (Wildman–Crippen LogP) is 5.20. The largest absolute Gasteiger partial charge is 0.507 e. The number of aromatic carboxylic acids is 1. The molecular weight excluding hydrogens is 316 g/mol. The molecule has 2 rings (SSSR count). The number of methoxy groups -OCH3 is 1. The highest BCUT2D eigenvalue weighted by Crippen LogP contribution is 2.36. The average molecular weight is 344 g/mol. The average Bonchev–Trinajstić information content (AvgIpc) is 2.58. The fraction of sp³-hybridized carbons (Fsp3) is 0.476. The topological polar surface area (TPSA) is 66.8 Å². The summed E-state index contributed by atoms with van der Waals surface area (Å²) < 4.78 is 5.41. The highest BCUT2D eigenvalue weighted by molar-refractivity contribution is 5.96. The quantitative estimate of drug-likeness (QED) is 0.696. The first-order valence-corrected chi connectivity index (χ1v) is 8.91. The van der Waals surface area contributed by atoms with E-state index in [0.29, 0.717) is 29.2 Å². The van der Waals surface area contributed by atoms with Gasteiger partial charge in [-0.3, -0.25) is 0 Å². The van der Waals surface area contributed by atoms with Crippen molar-refractivity contribution in [1.82, 2.24) is 0 Å². The van der Waals surface area contributed by atoms with Crippen molar-refractivity contribution in [2.75, 3.05) is 7.11 Å². The molecule has 0 radical (unpaired) electrons. The van der Waals surface area contributed by atoms with Crippen LogP contribution in [0, 0.1) is 5.92 Å². The van der Waals surface area contributed by atoms with Gasteiger partial charge >= 0.3 is 5.97 Å². The summed E-state index contributed by atoms with van der Waals surface area (Å²) in [4.78, 5) is 11.7. The lowest BCUT2D eigenvalue weighted by atomic mass is 9.88. The summed E-state index contributed by atoms with van der Waals surface area (Å²) in [5.74, 6) is -0.327. The van der Waals surface area contributed by atoms with Crippen LogP contribution in [0.5, 0.6) is 11.5 Å². The minimum atomic E-state index is -1.12. The Labute approximate surface area is 149 Å². The van der Waals surface area contributed by atoms with Crippen molar-refractivity contribution in [2.24, 2.45) is 5.92 Å². The molecule has 0 aliphatic heterocycles. The minimum Gasteiger partial charge on any atom is -0.507 e. The number of phenols is 1.